The van der Waals surface area contributed by atoms with Crippen LogP contribution in [0.25, 0.3) is 0 Å². The molecule has 0 aromatic carbocycles. The summed E-state index contributed by atoms with van der Waals surface area (Å²) in [7, 11) is 0. The van der Waals surface area contributed by atoms with E-state index < -0.39 is 0 Å². The molecule has 0 aliphatic heterocycles. The first-order chi connectivity index (χ1) is 12.4. The van der Waals surface area contributed by atoms with Crippen molar-refractivity contribution in [1.29, 1.82) is 0 Å². The lowest BCUT2D eigenvalue weighted by atomic mass is 10.3. The summed E-state index contributed by atoms with van der Waals surface area (Å²) in [6.07, 6.45) is 13.8. The molecule has 188 valence electrons. The Morgan fingerprint density at radius 2 is 0.667 bits per heavy atom. The monoisotopic (exact) mass is 533 g/mol. The Balaban J connectivity index is -0.000000288. The van der Waals surface area contributed by atoms with Gasteiger partial charge in [-0.1, -0.05) is 38.2 Å². The lowest BCUT2D eigenvalue weighted by Crippen LogP contribution is -2.19. The Bertz CT molecular complexity index is 283. The number of nitrogens with one attached hydrogen (secondary N) is 5. The Morgan fingerprint density at radius 3 is 0.967 bits per heavy atom. The Morgan fingerprint density at radius 1 is 0.400 bits per heavy atom. The van der Waals surface area contributed by atoms with E-state index in [1.54, 1.807) is 0 Å². The third-order valence-corrected chi connectivity index (χ3v) is 3.80. The number of hydrogen-bond acceptors (Lipinski definition) is 5. The molecule has 0 atom stereocenters. The van der Waals surface area contributed by atoms with Gasteiger partial charge in [0.05, 0.1) is 0 Å². The molecule has 0 aliphatic rings. The summed E-state index contributed by atoms with van der Waals surface area (Å²) in [6, 6.07) is 0. The van der Waals surface area contributed by atoms with Gasteiger partial charge in [0.15, 0.2) is 0 Å². The maximum absolute atomic E-state index is 3.44. The van der Waals surface area contributed by atoms with Crippen molar-refractivity contribution in [2.75, 3.05) is 65.4 Å². The van der Waals surface area contributed by atoms with Gasteiger partial charge < -0.3 is 26.6 Å². The second kappa shape index (κ2) is 43.6. The highest BCUT2D eigenvalue weighted by atomic mass is 35.5. The molecule has 0 aromatic heterocycles. The molecule has 0 radical (unpaired) electrons. The van der Waals surface area contributed by atoms with Gasteiger partial charge in [0.2, 0.25) is 0 Å². The van der Waals surface area contributed by atoms with Crippen LogP contribution in [-0.4, -0.2) is 65.4 Å². The molecule has 0 aliphatic carbocycles. The van der Waals surface area contributed by atoms with Gasteiger partial charge in [0.25, 0.3) is 0 Å². The van der Waals surface area contributed by atoms with Crippen LogP contribution in [0.4, 0.5) is 0 Å². The first-order valence-corrected chi connectivity index (χ1v) is 10.2. The minimum absolute atomic E-state index is 0. The normalized spacial score (nSPS) is 9.93. The van der Waals surface area contributed by atoms with Crippen LogP contribution in [-0.2, 0) is 0 Å². The van der Waals surface area contributed by atoms with Crippen LogP contribution in [0.5, 0.6) is 0 Å². The summed E-state index contributed by atoms with van der Waals surface area (Å²) in [6.45, 7) is 14.7. The molecule has 0 bridgehead atoms. The van der Waals surface area contributed by atoms with Gasteiger partial charge in [-0.05, 0) is 65.0 Å². The topological polar surface area (TPSA) is 60.1 Å². The van der Waals surface area contributed by atoms with E-state index in [2.05, 4.69) is 64.7 Å². The summed E-state index contributed by atoms with van der Waals surface area (Å²) < 4.78 is 0. The molecule has 0 spiro atoms. The predicted octanol–water partition coefficient (Wildman–Crippen LogP) is 3.76. The van der Waals surface area contributed by atoms with Crippen molar-refractivity contribution in [3.05, 3.63) is 24.3 Å². The third-order valence-electron chi connectivity index (χ3n) is 3.80. The van der Waals surface area contributed by atoms with Gasteiger partial charge in [-0.25, -0.2) is 0 Å². The molecular formula is C20H48Cl5N5. The fraction of sp³-hybridized carbons (Fsp3) is 0.800. The zero-order valence-electron chi connectivity index (χ0n) is 18.8. The predicted molar refractivity (Wildman–Crippen MR) is 149 cm³/mol. The van der Waals surface area contributed by atoms with Crippen LogP contribution >= 0.6 is 62.0 Å². The molecule has 0 unspecified atom stereocenters. The molecule has 0 saturated heterocycles. The SMILES string of the molecule is CCNCCCCNC/C=C\CNC/C=C\CNCCCCNCC.Cl.Cl.Cl.Cl.Cl. The number of unbranched alkanes of at least 4 members (excludes halogenated alkanes) is 2. The van der Waals surface area contributed by atoms with Crippen LogP contribution in [0, 0.1) is 0 Å². The number of rotatable bonds is 20. The molecule has 0 saturated carbocycles. The largest absolute Gasteiger partial charge is 0.317 e. The zero-order valence-corrected chi connectivity index (χ0v) is 22.8. The Hall–Kier alpha value is 0.730. The summed E-state index contributed by atoms with van der Waals surface area (Å²) in [5.41, 5.74) is 0. The lowest BCUT2D eigenvalue weighted by molar-refractivity contribution is 0.608. The molecule has 10 heteroatoms. The number of halogens is 5. The summed E-state index contributed by atoms with van der Waals surface area (Å²) in [5.74, 6) is 0. The second-order valence-electron chi connectivity index (χ2n) is 6.13. The van der Waals surface area contributed by atoms with Gasteiger partial charge >= 0.3 is 0 Å². The van der Waals surface area contributed by atoms with Crippen LogP contribution in [0.1, 0.15) is 39.5 Å². The summed E-state index contributed by atoms with van der Waals surface area (Å²) in [4.78, 5) is 0. The van der Waals surface area contributed by atoms with Crippen molar-refractivity contribution in [2.45, 2.75) is 39.5 Å². The van der Waals surface area contributed by atoms with Crippen LogP contribution < -0.4 is 26.6 Å². The van der Waals surface area contributed by atoms with Crippen molar-refractivity contribution in [1.82, 2.24) is 26.6 Å². The average molecular weight is 536 g/mol. The van der Waals surface area contributed by atoms with E-state index in [0.717, 1.165) is 65.4 Å². The van der Waals surface area contributed by atoms with Crippen molar-refractivity contribution < 1.29 is 0 Å². The molecule has 0 heterocycles. The maximum Gasteiger partial charge on any atom is 0.0138 e. The molecular weight excluding hydrogens is 488 g/mol. The van der Waals surface area contributed by atoms with Crippen LogP contribution in [0.15, 0.2) is 24.3 Å². The van der Waals surface area contributed by atoms with E-state index in [4.69, 9.17) is 0 Å². The van der Waals surface area contributed by atoms with E-state index in [1.807, 2.05) is 0 Å². The highest BCUT2D eigenvalue weighted by molar-refractivity contribution is 5.86. The first-order valence-electron chi connectivity index (χ1n) is 10.2. The molecule has 0 aromatic rings. The third kappa shape index (κ3) is 42.8. The Labute approximate surface area is 217 Å². The van der Waals surface area contributed by atoms with Crippen molar-refractivity contribution in [3.63, 3.8) is 0 Å². The molecule has 0 amide bonds. The minimum Gasteiger partial charge on any atom is -0.317 e. The van der Waals surface area contributed by atoms with E-state index >= 15 is 0 Å². The second-order valence-corrected chi connectivity index (χ2v) is 6.13. The fourth-order valence-electron chi connectivity index (χ4n) is 2.31. The van der Waals surface area contributed by atoms with Crippen LogP contribution in [0.2, 0.25) is 0 Å². The minimum atomic E-state index is 0. The van der Waals surface area contributed by atoms with Crippen molar-refractivity contribution in [3.8, 4) is 0 Å². The van der Waals surface area contributed by atoms with Crippen molar-refractivity contribution in [2.24, 2.45) is 0 Å². The maximum atomic E-state index is 3.44. The van der Waals surface area contributed by atoms with Crippen LogP contribution in [0.3, 0.4) is 0 Å². The summed E-state index contributed by atoms with van der Waals surface area (Å²) >= 11 is 0. The first kappa shape index (κ1) is 44.4. The zero-order chi connectivity index (χ0) is 18.3. The van der Waals surface area contributed by atoms with E-state index in [-0.39, 0.29) is 62.0 Å². The van der Waals surface area contributed by atoms with Gasteiger partial charge in [-0.2, -0.15) is 0 Å². The van der Waals surface area contributed by atoms with Crippen molar-refractivity contribution >= 4 is 62.0 Å². The highest BCUT2D eigenvalue weighted by Gasteiger charge is 1.88. The number of hydrogen-bond donors (Lipinski definition) is 5. The molecule has 0 rings (SSSR count). The van der Waals surface area contributed by atoms with E-state index in [1.165, 1.54) is 25.7 Å². The van der Waals surface area contributed by atoms with Gasteiger partial charge in [0.1, 0.15) is 0 Å². The quantitative estimate of drug-likeness (QED) is 0.121. The standard InChI is InChI=1S/C20H43N5.5ClH/c1-3-21-13-5-7-15-23-17-9-11-19-25-20-12-10-18-24-16-8-6-14-22-4-2;;;;;/h9-12,21-25H,3-8,13-20H2,1-2H3;5*1H/b11-9-,12-10-;;;;;. The van der Waals surface area contributed by atoms with Gasteiger partial charge in [0, 0.05) is 26.2 Å². The molecule has 0 fully saturated rings. The fourth-order valence-corrected chi connectivity index (χ4v) is 2.31. The molecule has 30 heavy (non-hydrogen) atoms. The average Bonchev–Trinajstić information content (AvgIpc) is 2.63. The molecule has 5 nitrogen and oxygen atoms in total. The van der Waals surface area contributed by atoms with E-state index in [9.17, 15) is 0 Å². The lowest BCUT2D eigenvalue weighted by Gasteiger charge is -2.03. The Kier molecular flexibility index (Phi) is 64.5. The summed E-state index contributed by atoms with van der Waals surface area (Å²) in [5, 5.41) is 17.0. The smallest absolute Gasteiger partial charge is 0.0138 e. The highest BCUT2D eigenvalue weighted by Crippen LogP contribution is 1.85. The van der Waals surface area contributed by atoms with E-state index in [0.29, 0.717) is 0 Å². The van der Waals surface area contributed by atoms with Gasteiger partial charge in [-0.3, -0.25) is 0 Å². The molecule has 5 N–H and O–H groups in total. The van der Waals surface area contributed by atoms with Gasteiger partial charge in [-0.15, -0.1) is 62.0 Å².